The maximum absolute atomic E-state index is 5.33. The molecular weight excluding hydrogens is 607 g/mol. The summed E-state index contributed by atoms with van der Waals surface area (Å²) in [5.41, 5.74) is 5.05. The molecule has 234 valence electrons. The molecule has 0 amide bonds. The molecule has 0 spiro atoms. The maximum atomic E-state index is 5.33. The molecule has 0 aliphatic rings. The molecule has 3 nitrogen and oxygen atoms in total. The van der Waals surface area contributed by atoms with Crippen LogP contribution in [-0.2, 0) is 0 Å². The van der Waals surface area contributed by atoms with Crippen LogP contribution in [0.3, 0.4) is 0 Å². The number of hydrogen-bond donors (Lipinski definition) is 0. The molecule has 3 heteroatoms. The number of para-hydroxylation sites is 1. The van der Waals surface area contributed by atoms with E-state index in [4.69, 9.17) is 9.97 Å². The van der Waals surface area contributed by atoms with E-state index in [1.807, 2.05) is 0 Å². The topological polar surface area (TPSA) is 30.7 Å². The lowest BCUT2D eigenvalue weighted by Crippen LogP contribution is -1.99. The highest BCUT2D eigenvalue weighted by Gasteiger charge is 2.14. The second-order valence-corrected chi connectivity index (χ2v) is 13.2. The zero-order chi connectivity index (χ0) is 33.2. The van der Waals surface area contributed by atoms with Gasteiger partial charge < -0.3 is 0 Å². The molecule has 0 N–H and O–H groups in total. The Morgan fingerprint density at radius 1 is 0.360 bits per heavy atom. The van der Waals surface area contributed by atoms with Crippen molar-refractivity contribution in [1.29, 1.82) is 0 Å². The lowest BCUT2D eigenvalue weighted by molar-refractivity contribution is 1.09. The number of aryl methyl sites for hydroxylation is 1. The summed E-state index contributed by atoms with van der Waals surface area (Å²) in [5, 5.41) is 13.8. The Kier molecular flexibility index (Phi) is 6.40. The number of nitrogens with zero attached hydrogens (tertiary/aromatic N) is 3. The van der Waals surface area contributed by atoms with Crippen molar-refractivity contribution in [3.63, 3.8) is 0 Å². The molecule has 0 atom stereocenters. The minimum atomic E-state index is 0.690. The van der Waals surface area contributed by atoms with E-state index in [9.17, 15) is 0 Å². The minimum absolute atomic E-state index is 0.690. The number of rotatable bonds is 1. The first-order valence-corrected chi connectivity index (χ1v) is 17.1. The fourth-order valence-corrected chi connectivity index (χ4v) is 7.49. The van der Waals surface area contributed by atoms with Crippen molar-refractivity contribution in [3.05, 3.63) is 175 Å². The lowest BCUT2D eigenvalue weighted by Gasteiger charge is -2.09. The van der Waals surface area contributed by atoms with Crippen molar-refractivity contribution in [2.24, 2.45) is 0 Å². The average molecular weight is 638 g/mol. The third kappa shape index (κ3) is 4.75. The van der Waals surface area contributed by atoms with Crippen LogP contribution in [0.4, 0.5) is 0 Å². The van der Waals surface area contributed by atoms with Gasteiger partial charge in [-0.1, -0.05) is 121 Å². The monoisotopic (exact) mass is 637 g/mol. The first-order valence-electron chi connectivity index (χ1n) is 17.1. The van der Waals surface area contributed by atoms with Gasteiger partial charge in [0, 0.05) is 27.6 Å². The molecule has 0 aliphatic carbocycles. The summed E-state index contributed by atoms with van der Waals surface area (Å²) in [6.45, 7) is 2.15. The fourth-order valence-electron chi connectivity index (χ4n) is 7.49. The van der Waals surface area contributed by atoms with Gasteiger partial charge in [-0.2, -0.15) is 0 Å². The quantitative estimate of drug-likeness (QED) is 0.179. The molecule has 0 fully saturated rings. The summed E-state index contributed by atoms with van der Waals surface area (Å²) in [4.78, 5) is 10.6. The number of aromatic nitrogens is 3. The molecule has 3 aromatic heterocycles. The second-order valence-electron chi connectivity index (χ2n) is 13.2. The van der Waals surface area contributed by atoms with Gasteiger partial charge >= 0.3 is 0 Å². The Hall–Kier alpha value is -6.58. The number of benzene rings is 7. The summed E-state index contributed by atoms with van der Waals surface area (Å²) in [7, 11) is 0. The minimum Gasteiger partial charge on any atom is -0.294 e. The Morgan fingerprint density at radius 2 is 0.820 bits per heavy atom. The van der Waals surface area contributed by atoms with E-state index < -0.39 is 0 Å². The van der Waals surface area contributed by atoms with Gasteiger partial charge in [-0.25, -0.2) is 9.97 Å². The van der Waals surface area contributed by atoms with Gasteiger partial charge in [0.15, 0.2) is 5.65 Å². The molecule has 10 rings (SSSR count). The van der Waals surface area contributed by atoms with Crippen LogP contribution >= 0.6 is 0 Å². The lowest BCUT2D eigenvalue weighted by atomic mass is 10.0. The van der Waals surface area contributed by atoms with Crippen LogP contribution in [-0.4, -0.2) is 14.5 Å². The van der Waals surface area contributed by atoms with Gasteiger partial charge in [0.25, 0.3) is 0 Å². The Morgan fingerprint density at radius 3 is 1.40 bits per heavy atom. The summed E-state index contributed by atoms with van der Waals surface area (Å²) >= 11 is 0. The van der Waals surface area contributed by atoms with Crippen molar-refractivity contribution >= 4 is 86.8 Å². The zero-order valence-corrected chi connectivity index (χ0v) is 27.5. The normalized spacial score (nSPS) is 11.7. The highest BCUT2D eigenvalue weighted by atomic mass is 15.1. The van der Waals surface area contributed by atoms with Gasteiger partial charge in [-0.05, 0) is 98.5 Å². The number of fused-ring (bicyclic) bond motifs is 21. The summed E-state index contributed by atoms with van der Waals surface area (Å²) < 4.78 is 2.29. The smallest absolute Gasteiger partial charge is 0.162 e. The second kappa shape index (κ2) is 11.3. The van der Waals surface area contributed by atoms with Gasteiger partial charge in [0.2, 0.25) is 0 Å². The molecule has 7 aromatic carbocycles. The first-order chi connectivity index (χ1) is 24.6. The highest BCUT2D eigenvalue weighted by molar-refractivity contribution is 6.09. The Labute approximate surface area is 288 Å². The van der Waals surface area contributed by atoms with Crippen LogP contribution in [0.15, 0.2) is 170 Å². The van der Waals surface area contributed by atoms with E-state index in [-0.39, 0.29) is 0 Å². The summed E-state index contributed by atoms with van der Waals surface area (Å²) in [6.07, 6.45) is 0. The van der Waals surface area contributed by atoms with Gasteiger partial charge in [-0.3, -0.25) is 4.57 Å². The van der Waals surface area contributed by atoms with Gasteiger partial charge in [0.05, 0.1) is 16.6 Å². The average Bonchev–Trinajstić information content (AvgIpc) is 3.51. The molecule has 0 unspecified atom stereocenters. The van der Waals surface area contributed by atoms with E-state index in [2.05, 4.69) is 181 Å². The summed E-state index contributed by atoms with van der Waals surface area (Å²) in [5.74, 6) is 0.841. The molecular formula is C47H31N3. The predicted octanol–water partition coefficient (Wildman–Crippen LogP) is 12.5. The standard InChI is InChI=1S/C47H31N3/c1-30-21-22-45-42(23-30)41-19-2-3-20-44(41)50(45)46-29-43-39-17-7-15-37(27-39)35-13-5-11-33(25-35)31-9-4-10-32(24-31)34-12-6-14-36(26-34)38-16-8-18-40(28-38)47(48-43)49-46/h2-29H,1H3. The SMILES string of the molecule is Cc1ccc2c(c1)c1ccccc1n2-c1cc2nc(n1)c1cccc(c1)c1cccc(c1)c1cccc(c1)c1cccc(c1)c1cccc2c1. The maximum Gasteiger partial charge on any atom is 0.162 e. The molecule has 3 heterocycles. The van der Waals surface area contributed by atoms with E-state index >= 15 is 0 Å². The third-order valence-corrected chi connectivity index (χ3v) is 9.97. The van der Waals surface area contributed by atoms with Crippen molar-refractivity contribution in [1.82, 2.24) is 14.5 Å². The van der Waals surface area contributed by atoms with E-state index in [1.165, 1.54) is 37.9 Å². The molecule has 12 bridgehead atoms. The van der Waals surface area contributed by atoms with E-state index in [1.54, 1.807) is 0 Å². The van der Waals surface area contributed by atoms with Crippen LogP contribution in [0.5, 0.6) is 0 Å². The Bertz CT molecular complexity index is 2970. The van der Waals surface area contributed by atoms with Crippen LogP contribution in [0.2, 0.25) is 0 Å². The van der Waals surface area contributed by atoms with Gasteiger partial charge in [-0.15, -0.1) is 0 Å². The largest absolute Gasteiger partial charge is 0.294 e. The molecule has 50 heavy (non-hydrogen) atoms. The Balaban J connectivity index is 1.40. The molecule has 0 radical (unpaired) electrons. The predicted molar refractivity (Wildman–Crippen MR) is 213 cm³/mol. The zero-order valence-electron chi connectivity index (χ0n) is 27.5. The summed E-state index contributed by atoms with van der Waals surface area (Å²) in [6, 6.07) is 61.3. The fraction of sp³-hybridized carbons (Fsp3) is 0.0213. The molecule has 0 aliphatic heterocycles. The highest BCUT2D eigenvalue weighted by Crippen LogP contribution is 2.33. The van der Waals surface area contributed by atoms with Crippen molar-refractivity contribution in [2.75, 3.05) is 0 Å². The van der Waals surface area contributed by atoms with Crippen LogP contribution in [0, 0.1) is 6.92 Å². The van der Waals surface area contributed by atoms with Crippen LogP contribution in [0.25, 0.3) is 92.6 Å². The van der Waals surface area contributed by atoms with Crippen LogP contribution < -0.4 is 0 Å². The third-order valence-electron chi connectivity index (χ3n) is 9.97. The van der Waals surface area contributed by atoms with Gasteiger partial charge in [0.1, 0.15) is 5.82 Å². The van der Waals surface area contributed by atoms with E-state index in [0.29, 0.717) is 5.65 Å². The van der Waals surface area contributed by atoms with Crippen molar-refractivity contribution in [3.8, 4) is 5.82 Å². The molecule has 10 aromatic rings. The number of hydrogen-bond acceptors (Lipinski definition) is 2. The first kappa shape index (κ1) is 28.4. The van der Waals surface area contributed by atoms with Crippen LogP contribution in [0.1, 0.15) is 5.56 Å². The van der Waals surface area contributed by atoms with E-state index in [0.717, 1.165) is 54.7 Å². The van der Waals surface area contributed by atoms with Crippen molar-refractivity contribution in [2.45, 2.75) is 6.92 Å². The molecule has 0 saturated carbocycles. The molecule has 0 saturated heterocycles. The van der Waals surface area contributed by atoms with Crippen molar-refractivity contribution < 1.29 is 0 Å².